The Hall–Kier alpha value is -1.35. The SMILES string of the molecule is CC(C)CCCOC(=O)c1ccc2c(c1)CNCC2. The molecular formula is C16H23NO2. The second kappa shape index (κ2) is 6.71. The van der Waals surface area contributed by atoms with Gasteiger partial charge in [0.1, 0.15) is 0 Å². The third kappa shape index (κ3) is 4.06. The lowest BCUT2D eigenvalue weighted by molar-refractivity contribution is 0.0494. The van der Waals surface area contributed by atoms with Gasteiger partial charge in [0.2, 0.25) is 0 Å². The first-order chi connectivity index (χ1) is 9.16. The van der Waals surface area contributed by atoms with Crippen LogP contribution in [0.2, 0.25) is 0 Å². The zero-order valence-corrected chi connectivity index (χ0v) is 11.9. The van der Waals surface area contributed by atoms with Crippen LogP contribution < -0.4 is 5.32 Å². The molecular weight excluding hydrogens is 238 g/mol. The Morgan fingerprint density at radius 2 is 2.21 bits per heavy atom. The van der Waals surface area contributed by atoms with E-state index >= 15 is 0 Å². The van der Waals surface area contributed by atoms with Crippen molar-refractivity contribution in [3.05, 3.63) is 34.9 Å². The number of carbonyl (C=O) groups excluding carboxylic acids is 1. The third-order valence-electron chi connectivity index (χ3n) is 3.49. The predicted molar refractivity (Wildman–Crippen MR) is 76.2 cm³/mol. The van der Waals surface area contributed by atoms with Crippen molar-refractivity contribution in [1.82, 2.24) is 5.32 Å². The average molecular weight is 261 g/mol. The molecule has 3 heteroatoms. The second-order valence-electron chi connectivity index (χ2n) is 5.58. The summed E-state index contributed by atoms with van der Waals surface area (Å²) in [5.41, 5.74) is 3.24. The molecule has 0 radical (unpaired) electrons. The summed E-state index contributed by atoms with van der Waals surface area (Å²) in [5, 5.41) is 3.32. The van der Waals surface area contributed by atoms with E-state index < -0.39 is 0 Å². The first-order valence-electron chi connectivity index (χ1n) is 7.16. The Morgan fingerprint density at radius 1 is 1.37 bits per heavy atom. The minimum absolute atomic E-state index is 0.197. The average Bonchev–Trinajstić information content (AvgIpc) is 2.42. The Kier molecular flexibility index (Phi) is 4.97. The first-order valence-corrected chi connectivity index (χ1v) is 7.16. The van der Waals surface area contributed by atoms with Gasteiger partial charge in [0.15, 0.2) is 0 Å². The lowest BCUT2D eigenvalue weighted by Gasteiger charge is -2.17. The zero-order valence-electron chi connectivity index (χ0n) is 11.9. The zero-order chi connectivity index (χ0) is 13.7. The van der Waals surface area contributed by atoms with Gasteiger partial charge in [-0.1, -0.05) is 19.9 Å². The molecule has 0 aliphatic carbocycles. The molecule has 0 bridgehead atoms. The Balaban J connectivity index is 1.88. The van der Waals surface area contributed by atoms with Gasteiger partial charge in [0, 0.05) is 6.54 Å². The van der Waals surface area contributed by atoms with Crippen molar-refractivity contribution in [3.63, 3.8) is 0 Å². The number of fused-ring (bicyclic) bond motifs is 1. The molecule has 1 heterocycles. The molecule has 0 fully saturated rings. The molecule has 1 aromatic carbocycles. The highest BCUT2D eigenvalue weighted by atomic mass is 16.5. The van der Waals surface area contributed by atoms with Crippen molar-refractivity contribution in [2.45, 2.75) is 39.7 Å². The third-order valence-corrected chi connectivity index (χ3v) is 3.49. The van der Waals surface area contributed by atoms with Gasteiger partial charge in [-0.25, -0.2) is 4.79 Å². The van der Waals surface area contributed by atoms with Crippen LogP contribution in [0.15, 0.2) is 18.2 Å². The molecule has 0 saturated carbocycles. The summed E-state index contributed by atoms with van der Waals surface area (Å²) in [4.78, 5) is 11.9. The molecule has 3 nitrogen and oxygen atoms in total. The van der Waals surface area contributed by atoms with E-state index in [0.29, 0.717) is 18.1 Å². The Bertz CT molecular complexity index is 440. The van der Waals surface area contributed by atoms with E-state index in [4.69, 9.17) is 4.74 Å². The quantitative estimate of drug-likeness (QED) is 0.654. The van der Waals surface area contributed by atoms with Crippen LogP contribution in [-0.4, -0.2) is 19.1 Å². The smallest absolute Gasteiger partial charge is 0.338 e. The minimum Gasteiger partial charge on any atom is -0.462 e. The number of nitrogens with one attached hydrogen (secondary N) is 1. The monoisotopic (exact) mass is 261 g/mol. The van der Waals surface area contributed by atoms with E-state index in [2.05, 4.69) is 25.2 Å². The molecule has 0 amide bonds. The van der Waals surface area contributed by atoms with Crippen LogP contribution in [0.25, 0.3) is 0 Å². The van der Waals surface area contributed by atoms with Gasteiger partial charge in [0.05, 0.1) is 12.2 Å². The maximum absolute atomic E-state index is 11.9. The lowest BCUT2D eigenvalue weighted by Crippen LogP contribution is -2.24. The van der Waals surface area contributed by atoms with E-state index in [1.165, 1.54) is 11.1 Å². The molecule has 1 aromatic rings. The highest BCUT2D eigenvalue weighted by molar-refractivity contribution is 5.89. The number of hydrogen-bond acceptors (Lipinski definition) is 3. The van der Waals surface area contributed by atoms with Crippen molar-refractivity contribution in [3.8, 4) is 0 Å². The van der Waals surface area contributed by atoms with Crippen LogP contribution in [0.1, 0.15) is 48.2 Å². The van der Waals surface area contributed by atoms with Gasteiger partial charge >= 0.3 is 5.97 Å². The van der Waals surface area contributed by atoms with Gasteiger partial charge in [-0.2, -0.15) is 0 Å². The van der Waals surface area contributed by atoms with Crippen molar-refractivity contribution < 1.29 is 9.53 Å². The molecule has 1 aliphatic rings. The molecule has 0 unspecified atom stereocenters. The summed E-state index contributed by atoms with van der Waals surface area (Å²) >= 11 is 0. The Labute approximate surface area is 115 Å². The summed E-state index contributed by atoms with van der Waals surface area (Å²) in [7, 11) is 0. The molecule has 1 aliphatic heterocycles. The fourth-order valence-electron chi connectivity index (χ4n) is 2.35. The maximum atomic E-state index is 11.9. The van der Waals surface area contributed by atoms with Crippen LogP contribution in [0.5, 0.6) is 0 Å². The molecule has 2 rings (SSSR count). The summed E-state index contributed by atoms with van der Waals surface area (Å²) in [6, 6.07) is 5.90. The van der Waals surface area contributed by atoms with Gasteiger partial charge in [-0.3, -0.25) is 0 Å². The normalized spacial score (nSPS) is 14.3. The van der Waals surface area contributed by atoms with Crippen LogP contribution >= 0.6 is 0 Å². The number of esters is 1. The summed E-state index contributed by atoms with van der Waals surface area (Å²) in [6.07, 6.45) is 3.08. The van der Waals surface area contributed by atoms with E-state index in [1.54, 1.807) is 0 Å². The highest BCUT2D eigenvalue weighted by Crippen LogP contribution is 2.16. The molecule has 0 atom stereocenters. The van der Waals surface area contributed by atoms with Crippen LogP contribution in [-0.2, 0) is 17.7 Å². The lowest BCUT2D eigenvalue weighted by atomic mass is 9.99. The van der Waals surface area contributed by atoms with Gasteiger partial charge < -0.3 is 10.1 Å². The molecule has 0 spiro atoms. The predicted octanol–water partition coefficient (Wildman–Crippen LogP) is 2.93. The fraction of sp³-hybridized carbons (Fsp3) is 0.562. The van der Waals surface area contributed by atoms with Gasteiger partial charge in [-0.15, -0.1) is 0 Å². The summed E-state index contributed by atoms with van der Waals surface area (Å²) in [5.74, 6) is 0.464. The van der Waals surface area contributed by atoms with Crippen LogP contribution in [0.3, 0.4) is 0 Å². The first kappa shape index (κ1) is 14.1. The molecule has 104 valence electrons. The van der Waals surface area contributed by atoms with Crippen LogP contribution in [0, 0.1) is 5.92 Å². The largest absolute Gasteiger partial charge is 0.462 e. The number of rotatable bonds is 5. The molecule has 0 aromatic heterocycles. The van der Waals surface area contributed by atoms with Gasteiger partial charge in [0.25, 0.3) is 0 Å². The van der Waals surface area contributed by atoms with Crippen molar-refractivity contribution in [2.75, 3.05) is 13.2 Å². The maximum Gasteiger partial charge on any atom is 0.338 e. The van der Waals surface area contributed by atoms with E-state index in [1.807, 2.05) is 12.1 Å². The van der Waals surface area contributed by atoms with Gasteiger partial charge in [-0.05, 0) is 55.0 Å². The summed E-state index contributed by atoms with van der Waals surface area (Å²) in [6.45, 7) is 6.75. The number of hydrogen-bond donors (Lipinski definition) is 1. The number of ether oxygens (including phenoxy) is 1. The standard InChI is InChI=1S/C16H23NO2/c1-12(2)4-3-9-19-16(18)14-6-5-13-7-8-17-11-15(13)10-14/h5-6,10,12,17H,3-4,7-9,11H2,1-2H3. The van der Waals surface area contributed by atoms with Crippen molar-refractivity contribution in [2.24, 2.45) is 5.92 Å². The molecule has 0 saturated heterocycles. The van der Waals surface area contributed by atoms with Crippen molar-refractivity contribution in [1.29, 1.82) is 0 Å². The van der Waals surface area contributed by atoms with E-state index in [9.17, 15) is 4.79 Å². The van der Waals surface area contributed by atoms with E-state index in [0.717, 1.165) is 32.4 Å². The van der Waals surface area contributed by atoms with E-state index in [-0.39, 0.29) is 5.97 Å². The second-order valence-corrected chi connectivity index (χ2v) is 5.58. The highest BCUT2D eigenvalue weighted by Gasteiger charge is 2.13. The number of benzene rings is 1. The number of carbonyl (C=O) groups is 1. The molecule has 19 heavy (non-hydrogen) atoms. The topological polar surface area (TPSA) is 38.3 Å². The minimum atomic E-state index is -0.197. The Morgan fingerprint density at radius 3 is 3.00 bits per heavy atom. The van der Waals surface area contributed by atoms with Crippen LogP contribution in [0.4, 0.5) is 0 Å². The summed E-state index contributed by atoms with van der Waals surface area (Å²) < 4.78 is 5.31. The molecule has 1 N–H and O–H groups in total. The van der Waals surface area contributed by atoms with Crippen molar-refractivity contribution >= 4 is 5.97 Å². The fourth-order valence-corrected chi connectivity index (χ4v) is 2.35.